The monoisotopic (exact) mass is 410 g/mol. The molecule has 0 aliphatic rings. The second-order valence-electron chi connectivity index (χ2n) is 7.36. The summed E-state index contributed by atoms with van der Waals surface area (Å²) in [6.45, 7) is 11.8. The van der Waals surface area contributed by atoms with Gasteiger partial charge in [0.25, 0.3) is 0 Å². The van der Waals surface area contributed by atoms with E-state index in [9.17, 15) is 0 Å². The summed E-state index contributed by atoms with van der Waals surface area (Å²) in [5, 5.41) is 0.973. The molecule has 0 radical (unpaired) electrons. The van der Waals surface area contributed by atoms with Gasteiger partial charge in [0.2, 0.25) is 0 Å². The topological polar surface area (TPSA) is 9.23 Å². The van der Waals surface area contributed by atoms with Crippen LogP contribution in [0.1, 0.15) is 26.3 Å². The molecule has 0 saturated heterocycles. The van der Waals surface area contributed by atoms with Gasteiger partial charge < -0.3 is 4.43 Å². The van der Waals surface area contributed by atoms with E-state index >= 15 is 0 Å². The van der Waals surface area contributed by atoms with Gasteiger partial charge in [0.05, 0.1) is 6.61 Å². The molecule has 23 heavy (non-hydrogen) atoms. The molecule has 0 aliphatic heterocycles. The minimum Gasteiger partial charge on any atom is -0.413 e. The summed E-state index contributed by atoms with van der Waals surface area (Å²) in [5.41, 5.74) is 3.34. The van der Waals surface area contributed by atoms with Gasteiger partial charge in [-0.25, -0.2) is 0 Å². The molecule has 0 unspecified atom stereocenters. The van der Waals surface area contributed by atoms with Gasteiger partial charge in [-0.2, -0.15) is 0 Å². The Bertz CT molecular complexity index is 675. The Labute approximate surface area is 154 Å². The maximum absolute atomic E-state index is 6.48. The Kier molecular flexibility index (Phi) is 5.78. The van der Waals surface area contributed by atoms with Crippen molar-refractivity contribution in [1.82, 2.24) is 0 Å². The maximum atomic E-state index is 6.48. The van der Waals surface area contributed by atoms with Crippen LogP contribution >= 0.6 is 27.5 Å². The van der Waals surface area contributed by atoms with Crippen LogP contribution in [0.2, 0.25) is 23.2 Å². The van der Waals surface area contributed by atoms with E-state index in [1.54, 1.807) is 0 Å². The Morgan fingerprint density at radius 1 is 1.00 bits per heavy atom. The van der Waals surface area contributed by atoms with Crippen molar-refractivity contribution in [3.8, 4) is 11.1 Å². The summed E-state index contributed by atoms with van der Waals surface area (Å²) in [5.74, 6) is 0. The molecule has 0 saturated carbocycles. The number of rotatable bonds is 4. The van der Waals surface area contributed by atoms with Crippen molar-refractivity contribution >= 4 is 35.8 Å². The van der Waals surface area contributed by atoms with Crippen molar-refractivity contribution in [2.45, 2.75) is 45.5 Å². The lowest BCUT2D eigenvalue weighted by Crippen LogP contribution is -2.40. The largest absolute Gasteiger partial charge is 0.413 e. The summed E-state index contributed by atoms with van der Waals surface area (Å²) in [7, 11) is -1.76. The van der Waals surface area contributed by atoms with E-state index in [2.05, 4.69) is 74.1 Å². The van der Waals surface area contributed by atoms with Gasteiger partial charge in [-0.15, -0.1) is 0 Å². The highest BCUT2D eigenvalue weighted by molar-refractivity contribution is 9.10. The van der Waals surface area contributed by atoms with Crippen LogP contribution in [0.4, 0.5) is 0 Å². The highest BCUT2D eigenvalue weighted by Gasteiger charge is 2.37. The van der Waals surface area contributed by atoms with Crippen molar-refractivity contribution in [1.29, 1.82) is 0 Å². The molecule has 0 spiro atoms. The van der Waals surface area contributed by atoms with Crippen molar-refractivity contribution in [3.63, 3.8) is 0 Å². The molecular formula is C19H24BrClOSi. The molecule has 0 heterocycles. The molecular weight excluding hydrogens is 388 g/mol. The first-order valence-corrected chi connectivity index (χ1v) is 11.9. The van der Waals surface area contributed by atoms with Crippen LogP contribution in [0.5, 0.6) is 0 Å². The molecule has 124 valence electrons. The maximum Gasteiger partial charge on any atom is 0.192 e. The Morgan fingerprint density at radius 3 is 2.09 bits per heavy atom. The molecule has 0 aliphatic carbocycles. The Hall–Kier alpha value is -0.613. The van der Waals surface area contributed by atoms with Crippen molar-refractivity contribution in [2.75, 3.05) is 0 Å². The second kappa shape index (κ2) is 7.10. The summed E-state index contributed by atoms with van der Waals surface area (Å²) in [6.07, 6.45) is 0. The minimum atomic E-state index is -1.76. The first-order chi connectivity index (χ1) is 10.6. The van der Waals surface area contributed by atoms with E-state index in [0.717, 1.165) is 26.2 Å². The highest BCUT2D eigenvalue weighted by Crippen LogP contribution is 2.37. The predicted molar refractivity (Wildman–Crippen MR) is 107 cm³/mol. The quantitative estimate of drug-likeness (QED) is 0.480. The molecule has 0 amide bonds. The number of halogens is 2. The van der Waals surface area contributed by atoms with E-state index in [0.29, 0.717) is 6.61 Å². The molecule has 1 nitrogen and oxygen atoms in total. The van der Waals surface area contributed by atoms with Crippen molar-refractivity contribution in [3.05, 3.63) is 57.5 Å². The molecule has 0 atom stereocenters. The van der Waals surface area contributed by atoms with Crippen LogP contribution in [0.25, 0.3) is 11.1 Å². The van der Waals surface area contributed by atoms with Crippen LogP contribution in [-0.2, 0) is 11.0 Å². The van der Waals surface area contributed by atoms with Crippen LogP contribution in [0.15, 0.2) is 46.9 Å². The summed E-state index contributed by atoms with van der Waals surface area (Å²) >= 11 is 9.94. The molecule has 4 heteroatoms. The Balaban J connectivity index is 2.15. The fourth-order valence-corrected chi connectivity index (χ4v) is 3.41. The smallest absolute Gasteiger partial charge is 0.192 e. The van der Waals surface area contributed by atoms with Gasteiger partial charge in [-0.05, 0) is 53.0 Å². The zero-order valence-corrected chi connectivity index (χ0v) is 17.8. The number of hydrogen-bond acceptors (Lipinski definition) is 1. The number of benzene rings is 2. The van der Waals surface area contributed by atoms with Gasteiger partial charge >= 0.3 is 0 Å². The molecule has 2 aromatic rings. The average molecular weight is 412 g/mol. The normalized spacial score (nSPS) is 12.5. The van der Waals surface area contributed by atoms with Crippen LogP contribution < -0.4 is 0 Å². The van der Waals surface area contributed by atoms with E-state index in [1.165, 1.54) is 0 Å². The van der Waals surface area contributed by atoms with E-state index in [1.807, 2.05) is 18.2 Å². The Morgan fingerprint density at radius 2 is 1.57 bits per heavy atom. The fourth-order valence-electron chi connectivity index (χ4n) is 1.96. The first-order valence-electron chi connectivity index (χ1n) is 7.78. The minimum absolute atomic E-state index is 0.205. The SMILES string of the molecule is CC(C)(C)[Si](C)(C)OCc1ccc(-c2ccc(Br)cc2)cc1Cl. The van der Waals surface area contributed by atoms with E-state index in [-0.39, 0.29) is 5.04 Å². The lowest BCUT2D eigenvalue weighted by atomic mass is 10.0. The van der Waals surface area contributed by atoms with Crippen molar-refractivity contribution in [2.24, 2.45) is 0 Å². The van der Waals surface area contributed by atoms with Crippen LogP contribution in [-0.4, -0.2) is 8.32 Å². The number of hydrogen-bond donors (Lipinski definition) is 0. The zero-order valence-electron chi connectivity index (χ0n) is 14.4. The van der Waals surface area contributed by atoms with Gasteiger partial charge in [-0.3, -0.25) is 0 Å². The predicted octanol–water partition coefficient (Wildman–Crippen LogP) is 7.29. The average Bonchev–Trinajstić information content (AvgIpc) is 2.45. The third-order valence-electron chi connectivity index (χ3n) is 4.63. The molecule has 0 aromatic heterocycles. The zero-order chi connectivity index (χ0) is 17.3. The standard InChI is InChI=1S/C19H24BrClOSi/c1-19(2,3)23(4,5)22-13-16-7-6-15(12-18(16)21)14-8-10-17(20)11-9-14/h6-12H,13H2,1-5H3. The summed E-state index contributed by atoms with van der Waals surface area (Å²) in [4.78, 5) is 0. The molecule has 0 N–H and O–H groups in total. The lowest BCUT2D eigenvalue weighted by Gasteiger charge is -2.36. The highest BCUT2D eigenvalue weighted by atomic mass is 79.9. The molecule has 0 bridgehead atoms. The third-order valence-corrected chi connectivity index (χ3v) is 9.98. The third kappa shape index (κ3) is 4.69. The van der Waals surface area contributed by atoms with Gasteiger partial charge in [0.1, 0.15) is 0 Å². The van der Waals surface area contributed by atoms with E-state index in [4.69, 9.17) is 16.0 Å². The molecule has 2 aromatic carbocycles. The van der Waals surface area contributed by atoms with Crippen LogP contribution in [0.3, 0.4) is 0 Å². The van der Waals surface area contributed by atoms with Gasteiger partial charge in [-0.1, -0.05) is 72.6 Å². The van der Waals surface area contributed by atoms with E-state index < -0.39 is 8.32 Å². The molecule has 0 fully saturated rings. The summed E-state index contributed by atoms with van der Waals surface area (Å²) in [6, 6.07) is 14.5. The van der Waals surface area contributed by atoms with Gasteiger partial charge in [0, 0.05) is 9.50 Å². The second-order valence-corrected chi connectivity index (χ2v) is 13.5. The van der Waals surface area contributed by atoms with Crippen LogP contribution in [0, 0.1) is 0 Å². The van der Waals surface area contributed by atoms with Gasteiger partial charge in [0.15, 0.2) is 8.32 Å². The fraction of sp³-hybridized carbons (Fsp3) is 0.368. The summed E-state index contributed by atoms with van der Waals surface area (Å²) < 4.78 is 7.35. The first kappa shape index (κ1) is 18.7. The molecule has 2 rings (SSSR count). The lowest BCUT2D eigenvalue weighted by molar-refractivity contribution is 0.276. The van der Waals surface area contributed by atoms with Crippen molar-refractivity contribution < 1.29 is 4.43 Å².